The highest BCUT2D eigenvalue weighted by Crippen LogP contribution is 2.30. The van der Waals surface area contributed by atoms with E-state index in [1.807, 2.05) is 6.07 Å². The van der Waals surface area contributed by atoms with E-state index >= 15 is 0 Å². The van der Waals surface area contributed by atoms with Crippen molar-refractivity contribution in [1.29, 1.82) is 5.26 Å². The number of piperidine rings is 1. The highest BCUT2D eigenvalue weighted by Gasteiger charge is 2.31. The number of nitrogens with one attached hydrogen (secondary N) is 1. The van der Waals surface area contributed by atoms with E-state index in [4.69, 9.17) is 5.26 Å². The molecule has 1 saturated heterocycles. The molecule has 0 unspecified atom stereocenters. The van der Waals surface area contributed by atoms with Crippen LogP contribution in [0, 0.1) is 11.3 Å². The molecule has 3 nitrogen and oxygen atoms in total. The van der Waals surface area contributed by atoms with Gasteiger partial charge >= 0.3 is 0 Å². The van der Waals surface area contributed by atoms with Gasteiger partial charge in [0.1, 0.15) is 11.7 Å². The zero-order valence-corrected chi connectivity index (χ0v) is 10.3. The van der Waals surface area contributed by atoms with Crippen molar-refractivity contribution < 1.29 is 4.39 Å². The van der Waals surface area contributed by atoms with Crippen LogP contribution >= 0.6 is 11.8 Å². The average Bonchev–Trinajstić information content (AvgIpc) is 2.38. The summed E-state index contributed by atoms with van der Waals surface area (Å²) in [6.45, 7) is 1.50. The average molecular weight is 251 g/mol. The van der Waals surface area contributed by atoms with Crippen LogP contribution < -0.4 is 5.32 Å². The Hall–Kier alpha value is -1.12. The lowest BCUT2D eigenvalue weighted by atomic mass is 9.97. The molecule has 1 aromatic heterocycles. The summed E-state index contributed by atoms with van der Waals surface area (Å²) in [5.74, 6) is 0.438. The molecule has 90 valence electrons. The van der Waals surface area contributed by atoms with Gasteiger partial charge in [0.15, 0.2) is 0 Å². The van der Waals surface area contributed by atoms with E-state index in [0.717, 1.165) is 18.1 Å². The van der Waals surface area contributed by atoms with Crippen LogP contribution in [0.1, 0.15) is 18.4 Å². The molecule has 1 fully saturated rings. The van der Waals surface area contributed by atoms with E-state index in [1.165, 1.54) is 18.0 Å². The van der Waals surface area contributed by atoms with E-state index < -0.39 is 5.67 Å². The summed E-state index contributed by atoms with van der Waals surface area (Å²) >= 11 is 1.42. The van der Waals surface area contributed by atoms with Crippen LogP contribution in [0.25, 0.3) is 0 Å². The van der Waals surface area contributed by atoms with Gasteiger partial charge in [-0.2, -0.15) is 5.26 Å². The minimum atomic E-state index is -1.08. The van der Waals surface area contributed by atoms with Gasteiger partial charge in [-0.15, -0.1) is 11.8 Å². The minimum Gasteiger partial charge on any atom is -0.316 e. The number of thioether (sulfide) groups is 1. The zero-order chi connectivity index (χ0) is 12.1. The molecule has 0 aliphatic carbocycles. The summed E-state index contributed by atoms with van der Waals surface area (Å²) in [6, 6.07) is 5.50. The number of nitrogens with zero attached hydrogens (tertiary/aromatic N) is 2. The van der Waals surface area contributed by atoms with Crippen LogP contribution in [0.2, 0.25) is 0 Å². The van der Waals surface area contributed by atoms with Crippen LogP contribution in [0.4, 0.5) is 4.39 Å². The molecule has 17 heavy (non-hydrogen) atoms. The number of aromatic nitrogens is 1. The molecule has 0 atom stereocenters. The SMILES string of the molecule is N#Cc1ccc(SCC2(F)CCNCC2)nc1. The van der Waals surface area contributed by atoms with Crippen molar-refractivity contribution in [1.82, 2.24) is 10.3 Å². The number of alkyl halides is 1. The fourth-order valence-corrected chi connectivity index (χ4v) is 2.74. The molecule has 2 rings (SSSR count). The third kappa shape index (κ3) is 3.42. The molecule has 0 bridgehead atoms. The van der Waals surface area contributed by atoms with Crippen molar-refractivity contribution >= 4 is 11.8 Å². The lowest BCUT2D eigenvalue weighted by Crippen LogP contribution is -2.40. The maximum Gasteiger partial charge on any atom is 0.122 e. The Morgan fingerprint density at radius 2 is 2.24 bits per heavy atom. The second kappa shape index (κ2) is 5.48. The molecule has 0 aromatic carbocycles. The molecular weight excluding hydrogens is 237 g/mol. The predicted molar refractivity (Wildman–Crippen MR) is 65.6 cm³/mol. The summed E-state index contributed by atoms with van der Waals surface area (Å²) in [5.41, 5.74) is -0.544. The van der Waals surface area contributed by atoms with Gasteiger partial charge in [-0.05, 0) is 38.1 Å². The second-order valence-electron chi connectivity index (χ2n) is 4.19. The summed E-state index contributed by atoms with van der Waals surface area (Å²) in [7, 11) is 0. The van der Waals surface area contributed by atoms with Gasteiger partial charge < -0.3 is 5.32 Å². The Morgan fingerprint density at radius 1 is 1.47 bits per heavy atom. The molecule has 0 amide bonds. The summed E-state index contributed by atoms with van der Waals surface area (Å²) < 4.78 is 14.3. The highest BCUT2D eigenvalue weighted by molar-refractivity contribution is 7.99. The minimum absolute atomic E-state index is 0.438. The molecule has 0 saturated carbocycles. The van der Waals surface area contributed by atoms with E-state index in [-0.39, 0.29) is 0 Å². The van der Waals surface area contributed by atoms with Gasteiger partial charge in [0.25, 0.3) is 0 Å². The molecule has 0 spiro atoms. The van der Waals surface area contributed by atoms with Crippen molar-refractivity contribution in [2.45, 2.75) is 23.5 Å². The molecule has 1 aliphatic rings. The van der Waals surface area contributed by atoms with Crippen LogP contribution in [-0.4, -0.2) is 29.5 Å². The van der Waals surface area contributed by atoms with Gasteiger partial charge in [-0.25, -0.2) is 9.37 Å². The van der Waals surface area contributed by atoms with Crippen molar-refractivity contribution in [3.63, 3.8) is 0 Å². The van der Waals surface area contributed by atoms with Crippen molar-refractivity contribution in [3.05, 3.63) is 23.9 Å². The Morgan fingerprint density at radius 3 is 2.82 bits per heavy atom. The first-order valence-electron chi connectivity index (χ1n) is 5.60. The lowest BCUT2D eigenvalue weighted by molar-refractivity contribution is 0.144. The normalized spacial score (nSPS) is 18.6. The van der Waals surface area contributed by atoms with Gasteiger partial charge in [-0.3, -0.25) is 0 Å². The van der Waals surface area contributed by atoms with Crippen LogP contribution in [0.5, 0.6) is 0 Å². The van der Waals surface area contributed by atoms with Crippen molar-refractivity contribution in [2.24, 2.45) is 0 Å². The number of halogens is 1. The molecule has 0 radical (unpaired) electrons. The standard InChI is InChI=1S/C12H14FN3S/c13-12(3-5-15-6-4-12)9-17-11-2-1-10(7-14)8-16-11/h1-2,8,15H,3-6,9H2. The summed E-state index contributed by atoms with van der Waals surface area (Å²) in [6.07, 6.45) is 2.65. The molecule has 2 heterocycles. The number of rotatable bonds is 3. The maximum atomic E-state index is 14.3. The molecule has 1 aromatic rings. The van der Waals surface area contributed by atoms with Crippen LogP contribution in [-0.2, 0) is 0 Å². The Kier molecular flexibility index (Phi) is 3.97. The number of nitriles is 1. The largest absolute Gasteiger partial charge is 0.316 e. The number of hydrogen-bond acceptors (Lipinski definition) is 4. The third-order valence-electron chi connectivity index (χ3n) is 2.84. The number of hydrogen-bond donors (Lipinski definition) is 1. The van der Waals surface area contributed by atoms with E-state index in [9.17, 15) is 4.39 Å². The first-order valence-corrected chi connectivity index (χ1v) is 6.59. The zero-order valence-electron chi connectivity index (χ0n) is 9.45. The first-order chi connectivity index (χ1) is 8.22. The summed E-state index contributed by atoms with van der Waals surface area (Å²) in [5, 5.41) is 12.6. The van der Waals surface area contributed by atoms with Crippen molar-refractivity contribution in [2.75, 3.05) is 18.8 Å². The van der Waals surface area contributed by atoms with E-state index in [2.05, 4.69) is 10.3 Å². The molecular formula is C12H14FN3S. The first kappa shape index (κ1) is 12.3. The third-order valence-corrected chi connectivity index (χ3v) is 4.04. The van der Waals surface area contributed by atoms with Crippen molar-refractivity contribution in [3.8, 4) is 6.07 Å². The number of pyridine rings is 1. The Balaban J connectivity index is 1.90. The monoisotopic (exact) mass is 251 g/mol. The van der Waals surface area contributed by atoms with Gasteiger partial charge in [0.2, 0.25) is 0 Å². The van der Waals surface area contributed by atoms with Gasteiger partial charge in [-0.1, -0.05) is 0 Å². The lowest BCUT2D eigenvalue weighted by Gasteiger charge is -2.29. The quantitative estimate of drug-likeness (QED) is 0.836. The van der Waals surface area contributed by atoms with Crippen LogP contribution in [0.15, 0.2) is 23.4 Å². The highest BCUT2D eigenvalue weighted by atomic mass is 32.2. The Labute approximate surface area is 104 Å². The van der Waals surface area contributed by atoms with E-state index in [0.29, 0.717) is 24.2 Å². The molecule has 1 aliphatic heterocycles. The van der Waals surface area contributed by atoms with Gasteiger partial charge in [0.05, 0.1) is 10.6 Å². The van der Waals surface area contributed by atoms with E-state index in [1.54, 1.807) is 12.1 Å². The fourth-order valence-electron chi connectivity index (χ4n) is 1.75. The topological polar surface area (TPSA) is 48.7 Å². The second-order valence-corrected chi connectivity index (χ2v) is 5.18. The maximum absolute atomic E-state index is 14.3. The summed E-state index contributed by atoms with van der Waals surface area (Å²) in [4.78, 5) is 4.12. The molecule has 5 heteroatoms. The Bertz CT molecular complexity index is 407. The fraction of sp³-hybridized carbons (Fsp3) is 0.500. The smallest absolute Gasteiger partial charge is 0.122 e. The predicted octanol–water partition coefficient (Wildman–Crippen LogP) is 2.14. The van der Waals surface area contributed by atoms with Gasteiger partial charge in [0, 0.05) is 11.9 Å². The van der Waals surface area contributed by atoms with Crippen LogP contribution in [0.3, 0.4) is 0 Å². The molecule has 1 N–H and O–H groups in total.